The van der Waals surface area contributed by atoms with E-state index in [9.17, 15) is 9.59 Å². The summed E-state index contributed by atoms with van der Waals surface area (Å²) in [6, 6.07) is 21.5. The Hall–Kier alpha value is -3.51. The number of hydrogen-bond acceptors (Lipinski definition) is 4. The van der Waals surface area contributed by atoms with Gasteiger partial charge in [-0.25, -0.2) is 4.98 Å². The Labute approximate surface area is 190 Å². The zero-order chi connectivity index (χ0) is 22.2. The van der Waals surface area contributed by atoms with Crippen molar-refractivity contribution in [2.75, 3.05) is 10.6 Å². The molecule has 1 heterocycles. The van der Waals surface area contributed by atoms with Crippen LogP contribution in [0.2, 0.25) is 0 Å². The van der Waals surface area contributed by atoms with Crippen LogP contribution < -0.4 is 10.6 Å². The fraction of sp³-hybridized carbons (Fsp3) is 0.192. The van der Waals surface area contributed by atoms with Crippen molar-refractivity contribution in [3.63, 3.8) is 0 Å². The lowest BCUT2D eigenvalue weighted by molar-refractivity contribution is -0.117. The minimum Gasteiger partial charge on any atom is -0.322 e. The molecule has 160 valence electrons. The highest BCUT2D eigenvalue weighted by Crippen LogP contribution is 2.48. The van der Waals surface area contributed by atoms with Crippen LogP contribution in [0.3, 0.4) is 0 Å². The van der Waals surface area contributed by atoms with Crippen LogP contribution in [0, 0.1) is 19.8 Å². The number of amides is 2. The third kappa shape index (κ3) is 4.01. The highest BCUT2D eigenvalue weighted by molar-refractivity contribution is 7.22. The number of benzene rings is 3. The number of nitrogens with zero attached hydrogens (tertiary/aromatic N) is 1. The molecular formula is C26H23N3O2S. The van der Waals surface area contributed by atoms with Crippen LogP contribution in [-0.4, -0.2) is 16.8 Å². The lowest BCUT2D eigenvalue weighted by Crippen LogP contribution is -2.14. The monoisotopic (exact) mass is 441 g/mol. The van der Waals surface area contributed by atoms with Crippen molar-refractivity contribution in [2.24, 2.45) is 5.92 Å². The van der Waals surface area contributed by atoms with Crippen molar-refractivity contribution in [3.8, 4) is 0 Å². The van der Waals surface area contributed by atoms with E-state index in [1.807, 2.05) is 62.4 Å². The molecule has 2 atom stereocenters. The Morgan fingerprint density at radius 2 is 1.69 bits per heavy atom. The van der Waals surface area contributed by atoms with Gasteiger partial charge in [0, 0.05) is 17.2 Å². The van der Waals surface area contributed by atoms with Gasteiger partial charge in [-0.3, -0.25) is 9.59 Å². The first-order valence-corrected chi connectivity index (χ1v) is 11.5. The van der Waals surface area contributed by atoms with E-state index in [1.54, 1.807) is 6.07 Å². The first-order chi connectivity index (χ1) is 15.5. The number of para-hydroxylation sites is 1. The Morgan fingerprint density at radius 1 is 0.938 bits per heavy atom. The molecule has 1 aliphatic carbocycles. The van der Waals surface area contributed by atoms with E-state index in [0.717, 1.165) is 33.5 Å². The lowest BCUT2D eigenvalue weighted by Gasteiger charge is -2.11. The average molecular weight is 442 g/mol. The van der Waals surface area contributed by atoms with Crippen LogP contribution >= 0.6 is 11.3 Å². The smallest absolute Gasteiger partial charge is 0.255 e. The van der Waals surface area contributed by atoms with Gasteiger partial charge in [0.2, 0.25) is 5.91 Å². The third-order valence-electron chi connectivity index (χ3n) is 5.96. The van der Waals surface area contributed by atoms with Crippen LogP contribution in [0.25, 0.3) is 10.2 Å². The second kappa shape index (κ2) is 8.20. The van der Waals surface area contributed by atoms with E-state index in [0.29, 0.717) is 10.7 Å². The molecule has 0 spiro atoms. The van der Waals surface area contributed by atoms with Gasteiger partial charge >= 0.3 is 0 Å². The van der Waals surface area contributed by atoms with Gasteiger partial charge in [0.05, 0.1) is 10.2 Å². The summed E-state index contributed by atoms with van der Waals surface area (Å²) in [6.45, 7) is 3.96. The molecule has 5 nitrogen and oxygen atoms in total. The molecular weight excluding hydrogens is 418 g/mol. The fourth-order valence-corrected chi connectivity index (χ4v) is 4.98. The number of aryl methyl sites for hydroxylation is 2. The lowest BCUT2D eigenvalue weighted by atomic mass is 10.1. The van der Waals surface area contributed by atoms with Crippen molar-refractivity contribution in [2.45, 2.75) is 26.2 Å². The third-order valence-corrected chi connectivity index (χ3v) is 6.89. The number of rotatable bonds is 5. The van der Waals surface area contributed by atoms with Crippen molar-refractivity contribution in [1.82, 2.24) is 4.98 Å². The Balaban J connectivity index is 1.29. The number of carbonyl (C=O) groups is 2. The molecule has 3 aromatic carbocycles. The summed E-state index contributed by atoms with van der Waals surface area (Å²) in [6.07, 6.45) is 0.864. The molecule has 4 aromatic rings. The van der Waals surface area contributed by atoms with E-state index in [4.69, 9.17) is 0 Å². The summed E-state index contributed by atoms with van der Waals surface area (Å²) in [5, 5.41) is 6.55. The number of carbonyl (C=O) groups excluding carboxylic acids is 2. The van der Waals surface area contributed by atoms with Gasteiger partial charge in [0.25, 0.3) is 5.91 Å². The predicted octanol–water partition coefficient (Wildman–Crippen LogP) is 5.91. The highest BCUT2D eigenvalue weighted by atomic mass is 32.1. The van der Waals surface area contributed by atoms with Gasteiger partial charge < -0.3 is 10.6 Å². The molecule has 32 heavy (non-hydrogen) atoms. The van der Waals surface area contributed by atoms with Crippen LogP contribution in [0.1, 0.15) is 39.4 Å². The van der Waals surface area contributed by atoms with E-state index in [1.165, 1.54) is 16.9 Å². The van der Waals surface area contributed by atoms with Gasteiger partial charge in [0.15, 0.2) is 5.13 Å². The van der Waals surface area contributed by atoms with Gasteiger partial charge in [-0.1, -0.05) is 59.9 Å². The minimum absolute atomic E-state index is 0.00547. The molecule has 0 unspecified atom stereocenters. The molecule has 2 N–H and O–H groups in total. The number of thiazole rings is 1. The average Bonchev–Trinajstić information content (AvgIpc) is 3.50. The Bertz CT molecular complexity index is 1310. The van der Waals surface area contributed by atoms with Crippen molar-refractivity contribution < 1.29 is 9.59 Å². The second-order valence-electron chi connectivity index (χ2n) is 8.27. The molecule has 2 amide bonds. The minimum atomic E-state index is -0.160. The van der Waals surface area contributed by atoms with Gasteiger partial charge in [-0.05, 0) is 61.1 Å². The highest BCUT2D eigenvalue weighted by Gasteiger charge is 2.44. The van der Waals surface area contributed by atoms with Crippen molar-refractivity contribution >= 4 is 44.2 Å². The molecule has 5 rings (SSSR count). The Kier molecular flexibility index (Phi) is 5.23. The predicted molar refractivity (Wildman–Crippen MR) is 129 cm³/mol. The molecule has 1 fully saturated rings. The van der Waals surface area contributed by atoms with E-state index < -0.39 is 0 Å². The zero-order valence-electron chi connectivity index (χ0n) is 17.9. The van der Waals surface area contributed by atoms with Crippen LogP contribution in [0.5, 0.6) is 0 Å². The maximum absolute atomic E-state index is 12.8. The molecule has 1 saturated carbocycles. The van der Waals surface area contributed by atoms with Gasteiger partial charge in [-0.2, -0.15) is 0 Å². The molecule has 0 aliphatic heterocycles. The first-order valence-electron chi connectivity index (χ1n) is 10.6. The van der Waals surface area contributed by atoms with Crippen molar-refractivity contribution in [3.05, 3.63) is 89.0 Å². The summed E-state index contributed by atoms with van der Waals surface area (Å²) in [5.41, 5.74) is 5.42. The fourth-order valence-electron chi connectivity index (χ4n) is 4.07. The second-order valence-corrected chi connectivity index (χ2v) is 9.30. The van der Waals surface area contributed by atoms with E-state index in [2.05, 4.69) is 27.8 Å². The largest absolute Gasteiger partial charge is 0.322 e. The number of anilines is 2. The maximum atomic E-state index is 12.8. The summed E-state index contributed by atoms with van der Waals surface area (Å²) in [4.78, 5) is 30.0. The standard InChI is InChI=1S/C26H23N3O2S/c1-15-7-6-8-16(2)23(15)28-24(30)18-11-12-21-22(13-18)32-26(27-21)29-25(31)20-14-19(20)17-9-4-3-5-10-17/h3-13,19-20H,14H2,1-2H3,(H,28,30)(H,27,29,31)/t19-,20+/m0/s1. The van der Waals surface area contributed by atoms with Crippen LogP contribution in [0.15, 0.2) is 66.7 Å². The molecule has 0 saturated heterocycles. The summed E-state index contributed by atoms with van der Waals surface area (Å²) in [7, 11) is 0. The summed E-state index contributed by atoms with van der Waals surface area (Å²) in [5.74, 6) is 0.117. The van der Waals surface area contributed by atoms with Crippen LogP contribution in [0.4, 0.5) is 10.8 Å². The topological polar surface area (TPSA) is 71.1 Å². The van der Waals surface area contributed by atoms with Crippen LogP contribution in [-0.2, 0) is 4.79 Å². The van der Waals surface area contributed by atoms with E-state index in [-0.39, 0.29) is 23.7 Å². The maximum Gasteiger partial charge on any atom is 0.255 e. The Morgan fingerprint density at radius 3 is 2.44 bits per heavy atom. The van der Waals surface area contributed by atoms with Crippen molar-refractivity contribution in [1.29, 1.82) is 0 Å². The molecule has 1 aromatic heterocycles. The number of nitrogens with one attached hydrogen (secondary N) is 2. The number of aromatic nitrogens is 1. The molecule has 1 aliphatic rings. The summed E-state index contributed by atoms with van der Waals surface area (Å²) >= 11 is 1.39. The molecule has 6 heteroatoms. The molecule has 0 bridgehead atoms. The normalized spacial score (nSPS) is 17.2. The van der Waals surface area contributed by atoms with Gasteiger partial charge in [-0.15, -0.1) is 0 Å². The SMILES string of the molecule is Cc1cccc(C)c1NC(=O)c1ccc2nc(NC(=O)[C@@H]3C[C@H]3c3ccccc3)sc2c1. The first kappa shape index (κ1) is 20.4. The number of hydrogen-bond donors (Lipinski definition) is 2. The zero-order valence-corrected chi connectivity index (χ0v) is 18.7. The van der Waals surface area contributed by atoms with Gasteiger partial charge in [0.1, 0.15) is 0 Å². The molecule has 0 radical (unpaired) electrons. The summed E-state index contributed by atoms with van der Waals surface area (Å²) < 4.78 is 0.866. The quantitative estimate of drug-likeness (QED) is 0.405. The number of fused-ring (bicyclic) bond motifs is 1. The van der Waals surface area contributed by atoms with E-state index >= 15 is 0 Å².